The Morgan fingerprint density at radius 2 is 1.59 bits per heavy atom. The molecule has 0 bridgehead atoms. The maximum absolute atomic E-state index is 12.8. The number of hydrogen-bond acceptors (Lipinski definition) is 6. The predicted octanol–water partition coefficient (Wildman–Crippen LogP) is 2.70. The number of rotatable bonds is 7. The lowest BCUT2D eigenvalue weighted by molar-refractivity contribution is -0.156. The summed E-state index contributed by atoms with van der Waals surface area (Å²) in [7, 11) is -2.79. The van der Waals surface area contributed by atoms with Crippen molar-refractivity contribution in [3.8, 4) is 0 Å². The van der Waals surface area contributed by atoms with Gasteiger partial charge in [-0.15, -0.1) is 0 Å². The molecule has 2 aromatic rings. The Labute approximate surface area is 171 Å². The molecule has 0 radical (unpaired) electrons. The monoisotopic (exact) mass is 419 g/mol. The van der Waals surface area contributed by atoms with Crippen LogP contribution in [0.4, 0.5) is 0 Å². The molecule has 2 rings (SSSR count). The number of esters is 2. The fraction of sp³-hybridized carbons (Fsp3) is 0.333. The number of methoxy groups -OCH3 is 1. The maximum atomic E-state index is 12.8. The first-order chi connectivity index (χ1) is 13.5. The third kappa shape index (κ3) is 6.69. The topological polar surface area (TPSA) is 98.8 Å². The lowest BCUT2D eigenvalue weighted by atomic mass is 10.1. The Bertz CT molecular complexity index is 947. The highest BCUT2D eigenvalue weighted by Crippen LogP contribution is 2.16. The summed E-state index contributed by atoms with van der Waals surface area (Å²) in [5.41, 5.74) is 0.242. The first-order valence-corrected chi connectivity index (χ1v) is 10.5. The van der Waals surface area contributed by atoms with E-state index in [1.807, 2.05) is 18.2 Å². The Morgan fingerprint density at radius 3 is 2.10 bits per heavy atom. The smallest absolute Gasteiger partial charge is 0.337 e. The Balaban J connectivity index is 2.28. The van der Waals surface area contributed by atoms with Crippen molar-refractivity contribution in [3.05, 3.63) is 65.7 Å². The molecule has 0 aliphatic heterocycles. The zero-order valence-electron chi connectivity index (χ0n) is 16.8. The normalized spacial score (nSPS) is 12.8. The molecule has 0 saturated heterocycles. The summed E-state index contributed by atoms with van der Waals surface area (Å²) in [6.45, 7) is 5.14. The van der Waals surface area contributed by atoms with Crippen LogP contribution in [0.1, 0.15) is 36.7 Å². The minimum absolute atomic E-state index is 0.0771. The molecule has 0 saturated carbocycles. The summed E-state index contributed by atoms with van der Waals surface area (Å²) in [5, 5.41) is 0. The van der Waals surface area contributed by atoms with Gasteiger partial charge in [0.1, 0.15) is 11.6 Å². The average Bonchev–Trinajstić information content (AvgIpc) is 2.66. The second-order valence-electron chi connectivity index (χ2n) is 7.41. The van der Waals surface area contributed by atoms with Crippen molar-refractivity contribution in [1.29, 1.82) is 0 Å². The van der Waals surface area contributed by atoms with Crippen molar-refractivity contribution in [3.63, 3.8) is 0 Å². The van der Waals surface area contributed by atoms with Crippen molar-refractivity contribution in [2.45, 2.75) is 43.7 Å². The zero-order chi connectivity index (χ0) is 21.7. The molecule has 0 aliphatic rings. The van der Waals surface area contributed by atoms with E-state index in [9.17, 15) is 18.0 Å². The van der Waals surface area contributed by atoms with Gasteiger partial charge in [-0.05, 0) is 57.0 Å². The molecular formula is C21H25NO6S. The summed E-state index contributed by atoms with van der Waals surface area (Å²) in [6.07, 6.45) is 0.134. The second-order valence-corrected chi connectivity index (χ2v) is 9.13. The van der Waals surface area contributed by atoms with Crippen LogP contribution in [0.5, 0.6) is 0 Å². The van der Waals surface area contributed by atoms with Crippen molar-refractivity contribution in [2.24, 2.45) is 0 Å². The highest BCUT2D eigenvalue weighted by Gasteiger charge is 2.30. The van der Waals surface area contributed by atoms with Crippen LogP contribution in [0.15, 0.2) is 59.5 Å². The molecule has 1 N–H and O–H groups in total. The van der Waals surface area contributed by atoms with Gasteiger partial charge in [0, 0.05) is 0 Å². The minimum Gasteiger partial charge on any atom is -0.465 e. The van der Waals surface area contributed by atoms with Gasteiger partial charge in [-0.3, -0.25) is 4.79 Å². The van der Waals surface area contributed by atoms with Gasteiger partial charge in [0.15, 0.2) is 0 Å². The molecule has 0 amide bonds. The fourth-order valence-corrected chi connectivity index (χ4v) is 3.72. The summed E-state index contributed by atoms with van der Waals surface area (Å²) < 4.78 is 38.1. The number of hydrogen-bond donors (Lipinski definition) is 1. The standard InChI is InChI=1S/C21H25NO6S/c1-21(2,3)28-20(24)18(14-15-8-6-5-7-9-15)22-29(25,26)17-12-10-16(11-13-17)19(23)27-4/h5-13,18,22H,14H2,1-4H3. The lowest BCUT2D eigenvalue weighted by Gasteiger charge is -2.24. The van der Waals surface area contributed by atoms with E-state index < -0.39 is 33.6 Å². The number of sulfonamides is 1. The van der Waals surface area contributed by atoms with Crippen molar-refractivity contribution < 1.29 is 27.5 Å². The van der Waals surface area contributed by atoms with Gasteiger partial charge in [-0.1, -0.05) is 30.3 Å². The van der Waals surface area contributed by atoms with Crippen LogP contribution in [0.25, 0.3) is 0 Å². The maximum Gasteiger partial charge on any atom is 0.337 e. The van der Waals surface area contributed by atoms with Crippen LogP contribution in [0.3, 0.4) is 0 Å². The van der Waals surface area contributed by atoms with E-state index in [1.54, 1.807) is 32.9 Å². The van der Waals surface area contributed by atoms with E-state index in [-0.39, 0.29) is 16.9 Å². The largest absolute Gasteiger partial charge is 0.465 e. The molecule has 2 aromatic carbocycles. The molecule has 1 unspecified atom stereocenters. The molecule has 0 heterocycles. The number of nitrogens with one attached hydrogen (secondary N) is 1. The third-order valence-electron chi connectivity index (χ3n) is 3.86. The van der Waals surface area contributed by atoms with E-state index in [0.717, 1.165) is 5.56 Å². The van der Waals surface area contributed by atoms with Crippen LogP contribution < -0.4 is 4.72 Å². The molecule has 1 atom stereocenters. The first-order valence-electron chi connectivity index (χ1n) is 8.99. The van der Waals surface area contributed by atoms with Crippen LogP contribution in [-0.4, -0.2) is 39.1 Å². The van der Waals surface area contributed by atoms with E-state index in [1.165, 1.54) is 31.4 Å². The molecule has 29 heavy (non-hydrogen) atoms. The van der Waals surface area contributed by atoms with Crippen molar-refractivity contribution in [2.75, 3.05) is 7.11 Å². The predicted molar refractivity (Wildman–Crippen MR) is 108 cm³/mol. The highest BCUT2D eigenvalue weighted by atomic mass is 32.2. The Kier molecular flexibility index (Phi) is 7.16. The number of carbonyl (C=O) groups excluding carboxylic acids is 2. The summed E-state index contributed by atoms with van der Waals surface area (Å²) >= 11 is 0. The molecule has 0 aromatic heterocycles. The van der Waals surface area contributed by atoms with Crippen molar-refractivity contribution in [1.82, 2.24) is 4.72 Å². The molecule has 156 valence electrons. The lowest BCUT2D eigenvalue weighted by Crippen LogP contribution is -2.45. The summed E-state index contributed by atoms with van der Waals surface area (Å²) in [5.74, 6) is -1.24. The number of carbonyl (C=O) groups is 2. The molecule has 8 heteroatoms. The van der Waals surface area contributed by atoms with Crippen LogP contribution >= 0.6 is 0 Å². The SMILES string of the molecule is COC(=O)c1ccc(S(=O)(=O)NC(Cc2ccccc2)C(=O)OC(C)(C)C)cc1. The van der Waals surface area contributed by atoms with Crippen molar-refractivity contribution >= 4 is 22.0 Å². The molecule has 0 fully saturated rings. The van der Waals surface area contributed by atoms with Gasteiger partial charge in [0.25, 0.3) is 0 Å². The summed E-state index contributed by atoms with van der Waals surface area (Å²) in [4.78, 5) is 24.1. The van der Waals surface area contributed by atoms with E-state index >= 15 is 0 Å². The van der Waals surface area contributed by atoms with Gasteiger partial charge < -0.3 is 9.47 Å². The Hall–Kier alpha value is -2.71. The van der Waals surface area contributed by atoms with Crippen LogP contribution in [0, 0.1) is 0 Å². The van der Waals surface area contributed by atoms with E-state index in [0.29, 0.717) is 0 Å². The van der Waals surface area contributed by atoms with Gasteiger partial charge in [-0.25, -0.2) is 13.2 Å². The fourth-order valence-electron chi connectivity index (χ4n) is 2.54. The quantitative estimate of drug-likeness (QED) is 0.693. The number of ether oxygens (including phenoxy) is 2. The second kappa shape index (κ2) is 9.19. The number of benzene rings is 2. The van der Waals surface area contributed by atoms with Crippen LogP contribution in [0.2, 0.25) is 0 Å². The minimum atomic E-state index is -4.03. The molecule has 7 nitrogen and oxygen atoms in total. The van der Waals surface area contributed by atoms with Crippen LogP contribution in [-0.2, 0) is 30.7 Å². The average molecular weight is 419 g/mol. The van der Waals surface area contributed by atoms with E-state index in [4.69, 9.17) is 4.74 Å². The molecule has 0 spiro atoms. The first kappa shape index (κ1) is 22.6. The molecular weight excluding hydrogens is 394 g/mol. The van der Waals surface area contributed by atoms with Gasteiger partial charge in [0.05, 0.1) is 17.6 Å². The van der Waals surface area contributed by atoms with Gasteiger partial charge >= 0.3 is 11.9 Å². The highest BCUT2D eigenvalue weighted by molar-refractivity contribution is 7.89. The van der Waals surface area contributed by atoms with E-state index in [2.05, 4.69) is 9.46 Å². The zero-order valence-corrected chi connectivity index (χ0v) is 17.7. The molecule has 0 aliphatic carbocycles. The third-order valence-corrected chi connectivity index (χ3v) is 5.34. The van der Waals surface area contributed by atoms with Gasteiger partial charge in [-0.2, -0.15) is 4.72 Å². The van der Waals surface area contributed by atoms with Gasteiger partial charge in [0.2, 0.25) is 10.0 Å². The Morgan fingerprint density at radius 1 is 1.00 bits per heavy atom. The summed E-state index contributed by atoms with van der Waals surface area (Å²) in [6, 6.07) is 13.2.